The molecule has 3 heteroatoms. The second-order valence-electron chi connectivity index (χ2n) is 5.19. The first-order valence-electron chi connectivity index (χ1n) is 7.39. The SMILES string of the molecule is OCCN(CCc1ccccc1)CC(O)c1ccccc1. The highest BCUT2D eigenvalue weighted by Crippen LogP contribution is 2.14. The van der Waals surface area contributed by atoms with Gasteiger partial charge in [-0.2, -0.15) is 0 Å². The van der Waals surface area contributed by atoms with Gasteiger partial charge in [0.1, 0.15) is 0 Å². The molecular formula is C18H23NO2. The minimum Gasteiger partial charge on any atom is -0.395 e. The van der Waals surface area contributed by atoms with Gasteiger partial charge in [0.2, 0.25) is 0 Å². The van der Waals surface area contributed by atoms with Crippen molar-refractivity contribution in [3.05, 3.63) is 71.8 Å². The van der Waals surface area contributed by atoms with Crippen molar-refractivity contribution in [2.75, 3.05) is 26.2 Å². The molecule has 0 aliphatic carbocycles. The summed E-state index contributed by atoms with van der Waals surface area (Å²) in [6, 6.07) is 19.9. The minimum absolute atomic E-state index is 0.107. The lowest BCUT2D eigenvalue weighted by atomic mass is 10.1. The molecule has 0 amide bonds. The van der Waals surface area contributed by atoms with Gasteiger partial charge in [-0.25, -0.2) is 0 Å². The van der Waals surface area contributed by atoms with Crippen LogP contribution in [0.15, 0.2) is 60.7 Å². The lowest BCUT2D eigenvalue weighted by molar-refractivity contribution is 0.100. The van der Waals surface area contributed by atoms with E-state index in [1.807, 2.05) is 48.5 Å². The molecule has 0 saturated carbocycles. The van der Waals surface area contributed by atoms with E-state index in [-0.39, 0.29) is 6.61 Å². The zero-order valence-corrected chi connectivity index (χ0v) is 12.2. The molecule has 2 rings (SSSR count). The first-order valence-corrected chi connectivity index (χ1v) is 7.39. The first-order chi connectivity index (χ1) is 10.3. The zero-order chi connectivity index (χ0) is 14.9. The standard InChI is InChI=1S/C18H23NO2/c20-14-13-19(12-11-16-7-3-1-4-8-16)15-18(21)17-9-5-2-6-10-17/h1-10,18,20-21H,11-15H2. The highest BCUT2D eigenvalue weighted by molar-refractivity contribution is 5.18. The Labute approximate surface area is 126 Å². The number of hydrogen-bond donors (Lipinski definition) is 2. The van der Waals surface area contributed by atoms with E-state index in [2.05, 4.69) is 17.0 Å². The molecule has 1 atom stereocenters. The summed E-state index contributed by atoms with van der Waals surface area (Å²) in [6.07, 6.45) is 0.399. The molecule has 0 aromatic heterocycles. The van der Waals surface area contributed by atoms with Gasteiger partial charge in [-0.15, -0.1) is 0 Å². The molecule has 0 aliphatic heterocycles. The maximum Gasteiger partial charge on any atom is 0.0916 e. The first kappa shape index (κ1) is 15.7. The molecule has 2 N–H and O–H groups in total. The third-order valence-electron chi connectivity index (χ3n) is 3.59. The van der Waals surface area contributed by atoms with Gasteiger partial charge in [-0.3, -0.25) is 4.90 Å². The molecule has 0 fully saturated rings. The molecule has 3 nitrogen and oxygen atoms in total. The summed E-state index contributed by atoms with van der Waals surface area (Å²) < 4.78 is 0. The topological polar surface area (TPSA) is 43.7 Å². The van der Waals surface area contributed by atoms with E-state index in [4.69, 9.17) is 0 Å². The number of aliphatic hydroxyl groups excluding tert-OH is 2. The fourth-order valence-electron chi connectivity index (χ4n) is 2.39. The molecule has 0 bridgehead atoms. The highest BCUT2D eigenvalue weighted by Gasteiger charge is 2.13. The third-order valence-corrected chi connectivity index (χ3v) is 3.59. The normalized spacial score (nSPS) is 12.5. The van der Waals surface area contributed by atoms with E-state index in [1.54, 1.807) is 0 Å². The number of benzene rings is 2. The van der Waals surface area contributed by atoms with E-state index < -0.39 is 6.10 Å². The van der Waals surface area contributed by atoms with Crippen LogP contribution in [0.5, 0.6) is 0 Å². The van der Waals surface area contributed by atoms with Gasteiger partial charge in [0.15, 0.2) is 0 Å². The van der Waals surface area contributed by atoms with Gasteiger partial charge in [0, 0.05) is 19.6 Å². The summed E-state index contributed by atoms with van der Waals surface area (Å²) >= 11 is 0. The van der Waals surface area contributed by atoms with Crippen molar-refractivity contribution in [2.45, 2.75) is 12.5 Å². The number of nitrogens with zero attached hydrogens (tertiary/aromatic N) is 1. The maximum absolute atomic E-state index is 10.3. The summed E-state index contributed by atoms with van der Waals surface area (Å²) in [5.74, 6) is 0. The average molecular weight is 285 g/mol. The van der Waals surface area contributed by atoms with Crippen LogP contribution < -0.4 is 0 Å². The van der Waals surface area contributed by atoms with Gasteiger partial charge in [0.25, 0.3) is 0 Å². The molecule has 0 radical (unpaired) electrons. The Balaban J connectivity index is 1.89. The van der Waals surface area contributed by atoms with Crippen LogP contribution in [0, 0.1) is 0 Å². The van der Waals surface area contributed by atoms with Crippen LogP contribution in [0.4, 0.5) is 0 Å². The molecule has 21 heavy (non-hydrogen) atoms. The molecule has 1 unspecified atom stereocenters. The van der Waals surface area contributed by atoms with Crippen LogP contribution in [-0.4, -0.2) is 41.4 Å². The zero-order valence-electron chi connectivity index (χ0n) is 12.2. The van der Waals surface area contributed by atoms with Gasteiger partial charge < -0.3 is 10.2 Å². The van der Waals surface area contributed by atoms with Crippen LogP contribution in [0.3, 0.4) is 0 Å². The molecule has 0 spiro atoms. The maximum atomic E-state index is 10.3. The van der Waals surface area contributed by atoms with Crippen molar-refractivity contribution in [2.24, 2.45) is 0 Å². The van der Waals surface area contributed by atoms with E-state index >= 15 is 0 Å². The molecule has 0 aliphatic rings. The lowest BCUT2D eigenvalue weighted by Gasteiger charge is -2.24. The van der Waals surface area contributed by atoms with Crippen molar-refractivity contribution < 1.29 is 10.2 Å². The van der Waals surface area contributed by atoms with Gasteiger partial charge in [-0.05, 0) is 17.5 Å². The molecule has 0 heterocycles. The average Bonchev–Trinajstić information content (AvgIpc) is 2.54. The van der Waals surface area contributed by atoms with E-state index in [0.717, 1.165) is 18.5 Å². The van der Waals surface area contributed by atoms with Crippen molar-refractivity contribution >= 4 is 0 Å². The minimum atomic E-state index is -0.520. The van der Waals surface area contributed by atoms with Crippen LogP contribution >= 0.6 is 0 Å². The number of hydrogen-bond acceptors (Lipinski definition) is 3. The Hall–Kier alpha value is -1.68. The Bertz CT molecular complexity index is 501. The van der Waals surface area contributed by atoms with Crippen LogP contribution in [0.1, 0.15) is 17.2 Å². The highest BCUT2D eigenvalue weighted by atomic mass is 16.3. The number of rotatable bonds is 8. The fraction of sp³-hybridized carbons (Fsp3) is 0.333. The molecule has 2 aromatic carbocycles. The Morgan fingerprint density at radius 2 is 1.48 bits per heavy atom. The molecule has 2 aromatic rings. The summed E-state index contributed by atoms with van der Waals surface area (Å²) in [7, 11) is 0. The monoisotopic (exact) mass is 285 g/mol. The predicted molar refractivity (Wildman–Crippen MR) is 85.1 cm³/mol. The Kier molecular flexibility index (Phi) is 6.41. The predicted octanol–water partition coefficient (Wildman–Crippen LogP) is 2.26. The Morgan fingerprint density at radius 3 is 2.10 bits per heavy atom. The summed E-state index contributed by atoms with van der Waals surface area (Å²) in [4.78, 5) is 2.10. The van der Waals surface area contributed by atoms with Crippen LogP contribution in [0.25, 0.3) is 0 Å². The summed E-state index contributed by atoms with van der Waals surface area (Å²) in [5, 5.41) is 19.5. The van der Waals surface area contributed by atoms with Gasteiger partial charge in [0.05, 0.1) is 12.7 Å². The van der Waals surface area contributed by atoms with E-state index in [1.165, 1.54) is 5.56 Å². The Morgan fingerprint density at radius 1 is 0.857 bits per heavy atom. The van der Waals surface area contributed by atoms with E-state index in [0.29, 0.717) is 13.1 Å². The van der Waals surface area contributed by atoms with Crippen LogP contribution in [0.2, 0.25) is 0 Å². The molecule has 112 valence electrons. The van der Waals surface area contributed by atoms with Gasteiger partial charge in [-0.1, -0.05) is 60.7 Å². The quantitative estimate of drug-likeness (QED) is 0.782. The second kappa shape index (κ2) is 8.57. The number of aliphatic hydroxyl groups is 2. The summed E-state index contributed by atoms with van der Waals surface area (Å²) in [5.41, 5.74) is 2.19. The third kappa shape index (κ3) is 5.31. The van der Waals surface area contributed by atoms with Crippen molar-refractivity contribution in [3.8, 4) is 0 Å². The van der Waals surface area contributed by atoms with Crippen molar-refractivity contribution in [3.63, 3.8) is 0 Å². The van der Waals surface area contributed by atoms with Crippen molar-refractivity contribution in [1.29, 1.82) is 0 Å². The van der Waals surface area contributed by atoms with Gasteiger partial charge >= 0.3 is 0 Å². The lowest BCUT2D eigenvalue weighted by Crippen LogP contribution is -2.33. The van der Waals surface area contributed by atoms with Crippen molar-refractivity contribution in [1.82, 2.24) is 4.90 Å². The van der Waals surface area contributed by atoms with Crippen LogP contribution in [-0.2, 0) is 6.42 Å². The van der Waals surface area contributed by atoms with E-state index in [9.17, 15) is 10.2 Å². The smallest absolute Gasteiger partial charge is 0.0916 e. The largest absolute Gasteiger partial charge is 0.395 e. The fourth-order valence-corrected chi connectivity index (χ4v) is 2.39. The molecular weight excluding hydrogens is 262 g/mol. The second-order valence-corrected chi connectivity index (χ2v) is 5.19. The molecule has 0 saturated heterocycles. The summed E-state index contributed by atoms with van der Waals surface area (Å²) in [6.45, 7) is 2.05.